The van der Waals surface area contributed by atoms with Crippen LogP contribution < -0.4 is 5.56 Å². The van der Waals surface area contributed by atoms with E-state index < -0.39 is 12.2 Å². The predicted molar refractivity (Wildman–Crippen MR) is 186 cm³/mol. The highest BCUT2D eigenvalue weighted by molar-refractivity contribution is 5.79. The zero-order chi connectivity index (χ0) is 34.5. The molecule has 5 aromatic rings. The van der Waals surface area contributed by atoms with Crippen LogP contribution in [-0.4, -0.2) is 57.0 Å². The fourth-order valence-electron chi connectivity index (χ4n) is 7.17. The molecule has 1 amide bonds. The number of aryl methyl sites for hydroxylation is 1. The average Bonchev–Trinajstić information content (AvgIpc) is 3.55. The van der Waals surface area contributed by atoms with E-state index in [4.69, 9.17) is 19.0 Å². The molecular formula is C39H42FN5O5. The van der Waals surface area contributed by atoms with E-state index in [1.807, 2.05) is 67.6 Å². The molecule has 0 radical (unpaired) electrons. The quantitative estimate of drug-likeness (QED) is 0.139. The van der Waals surface area contributed by atoms with Crippen molar-refractivity contribution in [2.75, 3.05) is 26.4 Å². The van der Waals surface area contributed by atoms with Crippen LogP contribution in [-0.2, 0) is 35.5 Å². The molecule has 1 fully saturated rings. The molecule has 0 saturated carbocycles. The molecule has 260 valence electrons. The summed E-state index contributed by atoms with van der Waals surface area (Å²) in [4.78, 5) is 35.9. The highest BCUT2D eigenvalue weighted by atomic mass is 19.1. The Balaban J connectivity index is 0.946. The number of benzene rings is 3. The first-order valence-electron chi connectivity index (χ1n) is 17.4. The number of carbonyl (C=O) groups excluding carboxylic acids is 1. The van der Waals surface area contributed by atoms with Crippen LogP contribution in [0.5, 0.6) is 0 Å². The van der Waals surface area contributed by atoms with E-state index in [-0.39, 0.29) is 24.1 Å². The van der Waals surface area contributed by atoms with Crippen LogP contribution >= 0.6 is 0 Å². The lowest BCUT2D eigenvalue weighted by Gasteiger charge is -2.31. The number of aromatic nitrogens is 3. The monoisotopic (exact) mass is 679 g/mol. The van der Waals surface area contributed by atoms with E-state index in [1.165, 1.54) is 12.1 Å². The van der Waals surface area contributed by atoms with Gasteiger partial charge in [-0.2, -0.15) is 0 Å². The van der Waals surface area contributed by atoms with Crippen LogP contribution in [0.3, 0.4) is 0 Å². The normalized spacial score (nSPS) is 16.7. The number of amides is 1. The lowest BCUT2D eigenvalue weighted by atomic mass is 9.91. The molecule has 3 aromatic carbocycles. The van der Waals surface area contributed by atoms with Gasteiger partial charge < -0.3 is 18.9 Å². The lowest BCUT2D eigenvalue weighted by Crippen LogP contribution is -2.38. The van der Waals surface area contributed by atoms with Gasteiger partial charge in [0.15, 0.2) is 12.4 Å². The summed E-state index contributed by atoms with van der Waals surface area (Å²) in [5, 5.41) is 5.14. The number of ether oxygens (including phenoxy) is 2. The second-order valence-corrected chi connectivity index (χ2v) is 13.2. The van der Waals surface area contributed by atoms with Gasteiger partial charge in [-0.15, -0.1) is 0 Å². The molecular weight excluding hydrogens is 637 g/mol. The number of fused-ring (bicyclic) bond motifs is 2. The number of likely N-dealkylation sites (tertiary alicyclic amines) is 1. The first-order valence-corrected chi connectivity index (χ1v) is 17.4. The predicted octanol–water partition coefficient (Wildman–Crippen LogP) is 6.90. The van der Waals surface area contributed by atoms with Crippen LogP contribution in [0, 0.1) is 12.7 Å². The molecule has 7 rings (SSSR count). The molecule has 2 aromatic heterocycles. The summed E-state index contributed by atoms with van der Waals surface area (Å²) in [5.74, 6) is 0.509. The van der Waals surface area contributed by atoms with Gasteiger partial charge in [0, 0.05) is 54.8 Å². The van der Waals surface area contributed by atoms with Crippen molar-refractivity contribution >= 4 is 17.1 Å². The number of nitrogens with zero attached hydrogens (tertiary/aromatic N) is 5. The van der Waals surface area contributed by atoms with E-state index in [9.17, 15) is 14.0 Å². The minimum Gasteiger partial charge on any atom is -0.422 e. The molecule has 10 nitrogen and oxygen atoms in total. The van der Waals surface area contributed by atoms with Crippen LogP contribution in [0.1, 0.15) is 71.6 Å². The highest BCUT2D eigenvalue weighted by Crippen LogP contribution is 2.33. The Bertz CT molecular complexity index is 1930. The van der Waals surface area contributed by atoms with Gasteiger partial charge in [-0.1, -0.05) is 65.8 Å². The number of carbonyl (C=O) groups is 1. The molecule has 0 spiro atoms. The van der Waals surface area contributed by atoms with Gasteiger partial charge in [0.05, 0.1) is 5.69 Å². The smallest absolute Gasteiger partial charge is 0.412 e. The number of hydrogen-bond acceptors (Lipinski definition) is 8. The number of halogens is 1. The largest absolute Gasteiger partial charge is 0.422 e. The van der Waals surface area contributed by atoms with Crippen molar-refractivity contribution in [3.63, 3.8) is 0 Å². The molecule has 1 atom stereocenters. The summed E-state index contributed by atoms with van der Waals surface area (Å²) < 4.78 is 32.4. The third kappa shape index (κ3) is 7.64. The Morgan fingerprint density at radius 1 is 0.960 bits per heavy atom. The lowest BCUT2D eigenvalue weighted by molar-refractivity contribution is -0.0788. The third-order valence-corrected chi connectivity index (χ3v) is 9.89. The van der Waals surface area contributed by atoms with Crippen molar-refractivity contribution in [3.05, 3.63) is 129 Å². The van der Waals surface area contributed by atoms with Crippen LogP contribution in [0.2, 0.25) is 0 Å². The van der Waals surface area contributed by atoms with Gasteiger partial charge in [0.1, 0.15) is 17.7 Å². The molecule has 0 N–H and O–H groups in total. The highest BCUT2D eigenvalue weighted by Gasteiger charge is 2.28. The second-order valence-electron chi connectivity index (χ2n) is 13.2. The van der Waals surface area contributed by atoms with Crippen LogP contribution in [0.15, 0.2) is 88.2 Å². The Kier molecular flexibility index (Phi) is 10.3. The molecule has 11 heteroatoms. The van der Waals surface area contributed by atoms with E-state index in [0.29, 0.717) is 49.6 Å². The maximum absolute atomic E-state index is 13.7. The van der Waals surface area contributed by atoms with Crippen molar-refractivity contribution < 1.29 is 23.2 Å². The van der Waals surface area contributed by atoms with Crippen molar-refractivity contribution in [3.8, 4) is 0 Å². The topological polar surface area (TPSA) is 103 Å². The fraction of sp³-hybridized carbons (Fsp3) is 0.385. The minimum atomic E-state index is -0.473. The average molecular weight is 680 g/mol. The van der Waals surface area contributed by atoms with E-state index in [2.05, 4.69) is 10.1 Å². The van der Waals surface area contributed by atoms with Gasteiger partial charge in [-0.25, -0.2) is 14.2 Å². The van der Waals surface area contributed by atoms with Gasteiger partial charge in [0.25, 0.3) is 5.56 Å². The number of piperidine rings is 1. The Hall–Kier alpha value is -4.87. The fourth-order valence-corrected chi connectivity index (χ4v) is 7.17. The molecule has 1 unspecified atom stereocenters. The summed E-state index contributed by atoms with van der Waals surface area (Å²) in [5.41, 5.74) is 4.80. The number of hydrogen-bond donors (Lipinski definition) is 0. The molecule has 4 heterocycles. The summed E-state index contributed by atoms with van der Waals surface area (Å²) in [6, 6.07) is 24.2. The summed E-state index contributed by atoms with van der Waals surface area (Å²) >= 11 is 0. The molecule has 2 aliphatic rings. The van der Waals surface area contributed by atoms with Gasteiger partial charge in [-0.3, -0.25) is 14.3 Å². The molecule has 0 aliphatic carbocycles. The summed E-state index contributed by atoms with van der Waals surface area (Å²) in [6.07, 6.45) is 2.97. The first kappa shape index (κ1) is 33.6. The standard InChI is InChI=1S/C39H42FN5O5/c1-27-32(18-22-43-20-16-30(17-21-43)36-33-15-14-31(40)23-35(33)50-42-36)38(46)45-19-8-13-34(37(45)41-27)48-26-49-39(47)44(24-28-9-4-2-5-10-28)25-29-11-6-3-7-12-29/h2-7,9-12,14-15,23,30,34H,8,13,16-22,24-26H2,1H3. The Morgan fingerprint density at radius 2 is 1.66 bits per heavy atom. The minimum absolute atomic E-state index is 0.0223. The maximum atomic E-state index is 13.7. The molecule has 0 bridgehead atoms. The molecule has 2 aliphatic heterocycles. The number of rotatable bonds is 11. The molecule has 1 saturated heterocycles. The SMILES string of the molecule is Cc1nc2n(c(=O)c1CCN1CCC(c3noc4cc(F)ccc34)CC1)CCCC2OCOC(=O)N(Cc1ccccc1)Cc1ccccc1. The zero-order valence-corrected chi connectivity index (χ0v) is 28.3. The van der Waals surface area contributed by atoms with E-state index >= 15 is 0 Å². The third-order valence-electron chi connectivity index (χ3n) is 9.89. The first-order chi connectivity index (χ1) is 24.4. The molecule has 50 heavy (non-hydrogen) atoms. The van der Waals surface area contributed by atoms with Crippen molar-refractivity contribution in [2.24, 2.45) is 0 Å². The van der Waals surface area contributed by atoms with E-state index in [1.54, 1.807) is 15.5 Å². The van der Waals surface area contributed by atoms with Gasteiger partial charge in [0.2, 0.25) is 0 Å². The second kappa shape index (κ2) is 15.3. The summed E-state index contributed by atoms with van der Waals surface area (Å²) in [6.45, 7) is 5.54. The van der Waals surface area contributed by atoms with Gasteiger partial charge in [-0.05, 0) is 75.4 Å². The van der Waals surface area contributed by atoms with Crippen molar-refractivity contribution in [1.29, 1.82) is 0 Å². The summed E-state index contributed by atoms with van der Waals surface area (Å²) in [7, 11) is 0. The van der Waals surface area contributed by atoms with Crippen molar-refractivity contribution in [2.45, 2.75) is 70.7 Å². The van der Waals surface area contributed by atoms with Crippen LogP contribution in [0.4, 0.5) is 9.18 Å². The Morgan fingerprint density at radius 3 is 2.36 bits per heavy atom. The van der Waals surface area contributed by atoms with E-state index in [0.717, 1.165) is 66.7 Å². The zero-order valence-electron chi connectivity index (χ0n) is 28.3. The van der Waals surface area contributed by atoms with Crippen LogP contribution in [0.25, 0.3) is 11.0 Å². The van der Waals surface area contributed by atoms with Crippen molar-refractivity contribution in [1.82, 2.24) is 24.5 Å². The Labute approximate surface area is 290 Å². The maximum Gasteiger partial charge on any atom is 0.412 e. The van der Waals surface area contributed by atoms with Gasteiger partial charge >= 0.3 is 6.09 Å².